The van der Waals surface area contributed by atoms with Gasteiger partial charge in [0.1, 0.15) is 12.4 Å². The fourth-order valence-corrected chi connectivity index (χ4v) is 0.792. The van der Waals surface area contributed by atoms with Crippen molar-refractivity contribution in [2.75, 3.05) is 0 Å². The molecule has 0 aliphatic rings. The minimum Gasteiger partial charge on any atom is -0.467 e. The first kappa shape index (κ1) is 8.25. The van der Waals surface area contributed by atoms with Crippen LogP contribution in [0.3, 0.4) is 0 Å². The Labute approximate surface area is 63.5 Å². The highest BCUT2D eigenvalue weighted by atomic mass is 32.3. The van der Waals surface area contributed by atoms with Crippen LogP contribution in [0.1, 0.15) is 5.76 Å². The van der Waals surface area contributed by atoms with Crippen molar-refractivity contribution >= 4 is 10.4 Å². The SMILES string of the molecule is O=S(=O)(O)OCc1ccco1. The van der Waals surface area contributed by atoms with Gasteiger partial charge in [-0.25, -0.2) is 4.18 Å². The van der Waals surface area contributed by atoms with E-state index in [2.05, 4.69) is 4.18 Å². The van der Waals surface area contributed by atoms with Gasteiger partial charge in [0.25, 0.3) is 0 Å². The standard InChI is InChI=1S/C5H6O5S/c6-11(7,8)10-4-5-2-1-3-9-5/h1-3H,4H2,(H,6,7,8). The topological polar surface area (TPSA) is 76.7 Å². The predicted octanol–water partition coefficient (Wildman–Crippen LogP) is 0.599. The smallest absolute Gasteiger partial charge is 0.397 e. The molecule has 1 rings (SSSR count). The molecule has 1 heterocycles. The molecule has 62 valence electrons. The Morgan fingerprint density at radius 2 is 2.36 bits per heavy atom. The summed E-state index contributed by atoms with van der Waals surface area (Å²) in [4.78, 5) is 0. The molecule has 0 atom stereocenters. The van der Waals surface area contributed by atoms with Gasteiger partial charge in [-0.3, -0.25) is 4.55 Å². The van der Waals surface area contributed by atoms with Crippen molar-refractivity contribution in [2.45, 2.75) is 6.61 Å². The van der Waals surface area contributed by atoms with Crippen molar-refractivity contribution in [3.63, 3.8) is 0 Å². The maximum absolute atomic E-state index is 10.0. The van der Waals surface area contributed by atoms with Crippen LogP contribution in [0.15, 0.2) is 22.8 Å². The molecule has 0 spiro atoms. The summed E-state index contributed by atoms with van der Waals surface area (Å²) in [6.45, 7) is -0.286. The van der Waals surface area contributed by atoms with Gasteiger partial charge in [0.15, 0.2) is 0 Å². The molecule has 0 radical (unpaired) electrons. The summed E-state index contributed by atoms with van der Waals surface area (Å²) < 4.78 is 36.9. The zero-order chi connectivity index (χ0) is 8.32. The molecule has 0 aliphatic heterocycles. The molecular formula is C5H6O5S. The summed E-state index contributed by atoms with van der Waals surface area (Å²) in [7, 11) is -4.36. The molecule has 1 aromatic rings. The molecule has 0 fully saturated rings. The molecule has 0 saturated heterocycles. The maximum atomic E-state index is 10.0. The second-order valence-corrected chi connectivity index (χ2v) is 2.86. The van der Waals surface area contributed by atoms with Crippen LogP contribution in [0.25, 0.3) is 0 Å². The molecule has 0 amide bonds. The number of hydrogen-bond donors (Lipinski definition) is 1. The van der Waals surface area contributed by atoms with Gasteiger partial charge in [0.05, 0.1) is 6.26 Å². The van der Waals surface area contributed by atoms with Crippen LogP contribution in [-0.4, -0.2) is 13.0 Å². The normalized spacial score (nSPS) is 11.7. The Bertz CT molecular complexity index is 298. The summed E-state index contributed by atoms with van der Waals surface area (Å²) in [5.74, 6) is 0.336. The molecule has 5 nitrogen and oxygen atoms in total. The summed E-state index contributed by atoms with van der Waals surface area (Å²) in [6, 6.07) is 3.12. The fraction of sp³-hybridized carbons (Fsp3) is 0.200. The van der Waals surface area contributed by atoms with Crippen LogP contribution >= 0.6 is 0 Å². The average molecular weight is 178 g/mol. The van der Waals surface area contributed by atoms with Crippen molar-refractivity contribution in [3.05, 3.63) is 24.2 Å². The first-order chi connectivity index (χ1) is 5.08. The highest BCUT2D eigenvalue weighted by Gasteiger charge is 2.05. The monoisotopic (exact) mass is 178 g/mol. The third kappa shape index (κ3) is 3.17. The van der Waals surface area contributed by atoms with E-state index in [-0.39, 0.29) is 6.61 Å². The molecule has 1 aromatic heterocycles. The number of furan rings is 1. The second-order valence-electron chi connectivity index (χ2n) is 1.77. The predicted molar refractivity (Wildman–Crippen MR) is 35.0 cm³/mol. The minimum atomic E-state index is -4.36. The molecule has 6 heteroatoms. The zero-order valence-electron chi connectivity index (χ0n) is 5.43. The largest absolute Gasteiger partial charge is 0.467 e. The molecule has 1 N–H and O–H groups in total. The van der Waals surface area contributed by atoms with Crippen LogP contribution < -0.4 is 0 Å². The van der Waals surface area contributed by atoms with Crippen LogP contribution in [0.4, 0.5) is 0 Å². The van der Waals surface area contributed by atoms with Crippen LogP contribution in [-0.2, 0) is 21.2 Å². The lowest BCUT2D eigenvalue weighted by atomic mass is 10.5. The van der Waals surface area contributed by atoms with E-state index in [1.165, 1.54) is 12.3 Å². The van der Waals surface area contributed by atoms with Crippen molar-refractivity contribution in [2.24, 2.45) is 0 Å². The van der Waals surface area contributed by atoms with E-state index < -0.39 is 10.4 Å². The lowest BCUT2D eigenvalue weighted by Crippen LogP contribution is -2.02. The summed E-state index contributed by atoms with van der Waals surface area (Å²) in [6.07, 6.45) is 1.38. The van der Waals surface area contributed by atoms with E-state index >= 15 is 0 Å². The van der Waals surface area contributed by atoms with Gasteiger partial charge < -0.3 is 4.42 Å². The Morgan fingerprint density at radius 3 is 2.82 bits per heavy atom. The van der Waals surface area contributed by atoms with E-state index in [1.54, 1.807) is 6.07 Å². The average Bonchev–Trinajstić information content (AvgIpc) is 2.32. The molecule has 0 aliphatic carbocycles. The first-order valence-corrected chi connectivity index (χ1v) is 4.09. The van der Waals surface area contributed by atoms with Gasteiger partial charge in [-0.05, 0) is 12.1 Å². The molecule has 0 bridgehead atoms. The molecule has 0 unspecified atom stereocenters. The first-order valence-electron chi connectivity index (χ1n) is 2.72. The highest BCUT2D eigenvalue weighted by Crippen LogP contribution is 2.03. The maximum Gasteiger partial charge on any atom is 0.397 e. The number of rotatable bonds is 3. The van der Waals surface area contributed by atoms with Crippen LogP contribution in [0, 0.1) is 0 Å². The van der Waals surface area contributed by atoms with Gasteiger partial charge in [-0.1, -0.05) is 0 Å². The minimum absolute atomic E-state index is 0.286. The third-order valence-corrected chi connectivity index (χ3v) is 1.35. The van der Waals surface area contributed by atoms with Gasteiger partial charge in [0, 0.05) is 0 Å². The Morgan fingerprint density at radius 1 is 1.64 bits per heavy atom. The van der Waals surface area contributed by atoms with Crippen molar-refractivity contribution in [1.82, 2.24) is 0 Å². The molecular weight excluding hydrogens is 172 g/mol. The number of hydrogen-bond acceptors (Lipinski definition) is 4. The second kappa shape index (κ2) is 3.04. The molecule has 0 saturated carbocycles. The van der Waals surface area contributed by atoms with Gasteiger partial charge in [-0.2, -0.15) is 8.42 Å². The van der Waals surface area contributed by atoms with E-state index in [0.29, 0.717) is 5.76 Å². The van der Waals surface area contributed by atoms with Crippen LogP contribution in [0.2, 0.25) is 0 Å². The summed E-state index contributed by atoms with van der Waals surface area (Å²) >= 11 is 0. The molecule has 11 heavy (non-hydrogen) atoms. The van der Waals surface area contributed by atoms with E-state index in [1.807, 2.05) is 0 Å². The fourth-order valence-electron chi connectivity index (χ4n) is 0.527. The van der Waals surface area contributed by atoms with Gasteiger partial charge >= 0.3 is 10.4 Å². The quantitative estimate of drug-likeness (QED) is 0.686. The summed E-state index contributed by atoms with van der Waals surface area (Å²) in [5.41, 5.74) is 0. The summed E-state index contributed by atoms with van der Waals surface area (Å²) in [5, 5.41) is 0. The van der Waals surface area contributed by atoms with Crippen molar-refractivity contribution < 1.29 is 21.6 Å². The Kier molecular flexibility index (Phi) is 2.28. The van der Waals surface area contributed by atoms with Gasteiger partial charge in [-0.15, -0.1) is 0 Å². The van der Waals surface area contributed by atoms with E-state index in [0.717, 1.165) is 0 Å². The van der Waals surface area contributed by atoms with E-state index in [4.69, 9.17) is 8.97 Å². The molecule has 0 aromatic carbocycles. The third-order valence-electron chi connectivity index (χ3n) is 0.930. The zero-order valence-corrected chi connectivity index (χ0v) is 6.24. The van der Waals surface area contributed by atoms with Crippen LogP contribution in [0.5, 0.6) is 0 Å². The van der Waals surface area contributed by atoms with Crippen molar-refractivity contribution in [3.8, 4) is 0 Å². The van der Waals surface area contributed by atoms with Gasteiger partial charge in [0.2, 0.25) is 0 Å². The highest BCUT2D eigenvalue weighted by molar-refractivity contribution is 7.80. The van der Waals surface area contributed by atoms with Crippen molar-refractivity contribution in [1.29, 1.82) is 0 Å². The lowest BCUT2D eigenvalue weighted by molar-refractivity contribution is 0.237. The Hall–Kier alpha value is -0.850. The Balaban J connectivity index is 2.48. The lowest BCUT2D eigenvalue weighted by Gasteiger charge is -1.94. The van der Waals surface area contributed by atoms with E-state index in [9.17, 15) is 8.42 Å².